The molecule has 1 heterocycles. The summed E-state index contributed by atoms with van der Waals surface area (Å²) >= 11 is 0. The van der Waals surface area contributed by atoms with E-state index in [0.29, 0.717) is 29.6 Å². The molecule has 2 aliphatic carbocycles. The molecule has 19 heavy (non-hydrogen) atoms. The topological polar surface area (TPSA) is 63.6 Å². The molecule has 1 aliphatic heterocycles. The van der Waals surface area contributed by atoms with Gasteiger partial charge >= 0.3 is 5.97 Å². The van der Waals surface area contributed by atoms with Crippen molar-refractivity contribution in [3.63, 3.8) is 0 Å². The van der Waals surface area contributed by atoms with E-state index in [-0.39, 0.29) is 24.2 Å². The second kappa shape index (κ2) is 3.57. The van der Waals surface area contributed by atoms with Crippen LogP contribution in [0.25, 0.3) is 0 Å². The molecule has 0 aromatic rings. The largest absolute Gasteiger partial charge is 0.457 e. The van der Waals surface area contributed by atoms with Crippen LogP contribution in [-0.2, 0) is 14.3 Å². The second-order valence-corrected chi connectivity index (χ2v) is 6.79. The van der Waals surface area contributed by atoms with Gasteiger partial charge in [0.25, 0.3) is 0 Å². The Morgan fingerprint density at radius 2 is 1.68 bits per heavy atom. The van der Waals surface area contributed by atoms with Gasteiger partial charge < -0.3 is 9.84 Å². The summed E-state index contributed by atoms with van der Waals surface area (Å²) in [6.07, 6.45) is 1.54. The summed E-state index contributed by atoms with van der Waals surface area (Å²) in [5, 5.41) is 10.7. The van der Waals surface area contributed by atoms with Gasteiger partial charge in [0.15, 0.2) is 5.78 Å². The first-order valence-electron chi connectivity index (χ1n) is 6.60. The summed E-state index contributed by atoms with van der Waals surface area (Å²) in [5.41, 5.74) is 1.18. The maximum absolute atomic E-state index is 12.6. The standard InChI is InChI=1S/C15H18O4/c1-14(2)4-9-11(6-14)15(3,18)5-8-10(12(9)16)7-19-13(8)17/h18H,4-7H2,1-3H3/t15-/m0/s1. The Bertz CT molecular complexity index is 561. The molecule has 3 rings (SSSR count). The number of ketones is 1. The van der Waals surface area contributed by atoms with Crippen molar-refractivity contribution in [2.24, 2.45) is 5.41 Å². The number of allylic oxidation sites excluding steroid dienone is 1. The molecule has 1 atom stereocenters. The van der Waals surface area contributed by atoms with E-state index in [0.717, 1.165) is 5.57 Å². The van der Waals surface area contributed by atoms with Gasteiger partial charge in [0.2, 0.25) is 0 Å². The van der Waals surface area contributed by atoms with E-state index in [1.165, 1.54) is 0 Å². The molecule has 0 spiro atoms. The maximum Gasteiger partial charge on any atom is 0.335 e. The van der Waals surface area contributed by atoms with Gasteiger partial charge in [-0.25, -0.2) is 4.79 Å². The highest BCUT2D eigenvalue weighted by Crippen LogP contribution is 2.50. The molecule has 1 N–H and O–H groups in total. The molecule has 3 aliphatic rings. The zero-order chi connectivity index (χ0) is 14.0. The molecular weight excluding hydrogens is 244 g/mol. The number of cyclic esters (lactones) is 1. The zero-order valence-electron chi connectivity index (χ0n) is 11.5. The number of rotatable bonds is 0. The van der Waals surface area contributed by atoms with Crippen molar-refractivity contribution in [2.75, 3.05) is 6.61 Å². The van der Waals surface area contributed by atoms with Crippen molar-refractivity contribution < 1.29 is 19.4 Å². The monoisotopic (exact) mass is 262 g/mol. The van der Waals surface area contributed by atoms with E-state index >= 15 is 0 Å². The minimum absolute atomic E-state index is 0.00808. The number of aliphatic hydroxyl groups is 1. The molecule has 0 saturated carbocycles. The van der Waals surface area contributed by atoms with E-state index in [1.807, 2.05) is 0 Å². The van der Waals surface area contributed by atoms with Crippen LogP contribution < -0.4 is 0 Å². The normalized spacial score (nSPS) is 33.3. The molecule has 0 fully saturated rings. The van der Waals surface area contributed by atoms with E-state index in [4.69, 9.17) is 4.74 Å². The number of ether oxygens (including phenoxy) is 1. The lowest BCUT2D eigenvalue weighted by atomic mass is 9.82. The van der Waals surface area contributed by atoms with Crippen LogP contribution in [0.5, 0.6) is 0 Å². The van der Waals surface area contributed by atoms with Gasteiger partial charge in [0.1, 0.15) is 6.61 Å². The number of hydrogen-bond acceptors (Lipinski definition) is 4. The van der Waals surface area contributed by atoms with Crippen molar-refractivity contribution in [2.45, 2.75) is 45.6 Å². The SMILES string of the molecule is CC1(C)CC2=C(C1)[C@@](C)(O)CC1=C(COC1=O)C2=O. The van der Waals surface area contributed by atoms with E-state index < -0.39 is 11.6 Å². The minimum Gasteiger partial charge on any atom is -0.457 e. The number of hydrogen-bond donors (Lipinski definition) is 1. The fourth-order valence-electron chi connectivity index (χ4n) is 3.42. The van der Waals surface area contributed by atoms with Gasteiger partial charge in [-0.15, -0.1) is 0 Å². The lowest BCUT2D eigenvalue weighted by Gasteiger charge is -2.27. The third-order valence-corrected chi connectivity index (χ3v) is 4.35. The average molecular weight is 262 g/mol. The predicted octanol–water partition coefficient (Wildman–Crippen LogP) is 1.68. The summed E-state index contributed by atoms with van der Waals surface area (Å²) in [5.74, 6) is -0.553. The van der Waals surface area contributed by atoms with Crippen LogP contribution >= 0.6 is 0 Å². The molecule has 0 aromatic heterocycles. The molecule has 102 valence electrons. The highest BCUT2D eigenvalue weighted by Gasteiger charge is 2.47. The fourth-order valence-corrected chi connectivity index (χ4v) is 3.42. The number of carbonyl (C=O) groups is 2. The number of esters is 1. The van der Waals surface area contributed by atoms with Crippen LogP contribution in [0.3, 0.4) is 0 Å². The van der Waals surface area contributed by atoms with Gasteiger partial charge in [-0.1, -0.05) is 13.8 Å². The van der Waals surface area contributed by atoms with Crippen molar-refractivity contribution >= 4 is 11.8 Å². The third kappa shape index (κ3) is 1.77. The third-order valence-electron chi connectivity index (χ3n) is 4.35. The number of carbonyl (C=O) groups excluding carboxylic acids is 2. The Morgan fingerprint density at radius 3 is 2.37 bits per heavy atom. The first-order valence-corrected chi connectivity index (χ1v) is 6.60. The molecule has 0 amide bonds. The van der Waals surface area contributed by atoms with Crippen molar-refractivity contribution in [1.29, 1.82) is 0 Å². The van der Waals surface area contributed by atoms with Crippen molar-refractivity contribution in [3.05, 3.63) is 22.3 Å². The summed E-state index contributed by atoms with van der Waals surface area (Å²) in [6.45, 7) is 5.94. The molecule has 0 aromatic carbocycles. The first-order chi connectivity index (χ1) is 8.71. The van der Waals surface area contributed by atoms with E-state index in [9.17, 15) is 14.7 Å². The summed E-state index contributed by atoms with van der Waals surface area (Å²) in [7, 11) is 0. The molecule has 0 saturated heterocycles. The summed E-state index contributed by atoms with van der Waals surface area (Å²) in [6, 6.07) is 0. The number of Topliss-reactive ketones (excluding diaryl/α,β-unsaturated/α-hetero) is 1. The molecule has 0 unspecified atom stereocenters. The smallest absolute Gasteiger partial charge is 0.335 e. The lowest BCUT2D eigenvalue weighted by molar-refractivity contribution is -0.136. The minimum atomic E-state index is -1.13. The van der Waals surface area contributed by atoms with Gasteiger partial charge in [-0.3, -0.25) is 4.79 Å². The van der Waals surface area contributed by atoms with Gasteiger partial charge in [-0.2, -0.15) is 0 Å². The van der Waals surface area contributed by atoms with Crippen LogP contribution in [0.2, 0.25) is 0 Å². The molecule has 0 radical (unpaired) electrons. The van der Waals surface area contributed by atoms with E-state index in [2.05, 4.69) is 13.8 Å². The van der Waals surface area contributed by atoms with Crippen molar-refractivity contribution in [1.82, 2.24) is 0 Å². The summed E-state index contributed by atoms with van der Waals surface area (Å²) < 4.78 is 4.95. The quantitative estimate of drug-likeness (QED) is 0.675. The molecule has 0 bridgehead atoms. The Balaban J connectivity index is 2.13. The van der Waals surface area contributed by atoms with Gasteiger partial charge in [-0.05, 0) is 30.8 Å². The van der Waals surface area contributed by atoms with Crippen LogP contribution in [0.15, 0.2) is 22.3 Å². The predicted molar refractivity (Wildman–Crippen MR) is 68.3 cm³/mol. The second-order valence-electron chi connectivity index (χ2n) is 6.79. The Hall–Kier alpha value is -1.42. The average Bonchev–Trinajstić information content (AvgIpc) is 2.78. The fraction of sp³-hybridized carbons (Fsp3) is 0.600. The van der Waals surface area contributed by atoms with Gasteiger partial charge in [0, 0.05) is 17.6 Å². The van der Waals surface area contributed by atoms with Crippen LogP contribution in [0, 0.1) is 5.41 Å². The highest BCUT2D eigenvalue weighted by molar-refractivity contribution is 6.15. The van der Waals surface area contributed by atoms with Crippen molar-refractivity contribution in [3.8, 4) is 0 Å². The van der Waals surface area contributed by atoms with E-state index in [1.54, 1.807) is 6.92 Å². The van der Waals surface area contributed by atoms with Crippen LogP contribution in [-0.4, -0.2) is 29.1 Å². The van der Waals surface area contributed by atoms with Gasteiger partial charge in [0.05, 0.1) is 11.2 Å². The Morgan fingerprint density at radius 1 is 1.00 bits per heavy atom. The van der Waals surface area contributed by atoms with Crippen LogP contribution in [0.1, 0.15) is 40.0 Å². The first kappa shape index (κ1) is 12.6. The molecular formula is C15H18O4. The maximum atomic E-state index is 12.6. The molecule has 4 heteroatoms. The summed E-state index contributed by atoms with van der Waals surface area (Å²) in [4.78, 5) is 24.3. The van der Waals surface area contributed by atoms with Crippen LogP contribution in [0.4, 0.5) is 0 Å². The highest BCUT2D eigenvalue weighted by atomic mass is 16.5. The zero-order valence-corrected chi connectivity index (χ0v) is 11.5. The Labute approximate surface area is 112 Å². The lowest BCUT2D eigenvalue weighted by Crippen LogP contribution is -2.29. The molecule has 4 nitrogen and oxygen atoms in total. The Kier molecular flexibility index (Phi) is 2.37.